The number of carbonyl (C=O) groups is 1. The second-order valence-electron chi connectivity index (χ2n) is 6.06. The molecule has 0 spiro atoms. The van der Waals surface area contributed by atoms with Gasteiger partial charge in [-0.2, -0.15) is 0 Å². The number of rotatable bonds is 3. The molecule has 3 rings (SSSR count). The Morgan fingerprint density at radius 2 is 1.77 bits per heavy atom. The number of benzene rings is 1. The molecule has 0 bridgehead atoms. The molecule has 1 aromatic carbocycles. The number of aromatic nitrogens is 3. The number of carbonyl (C=O) groups excluding carboxylic acids is 1. The minimum Gasteiger partial charge on any atom is -0.351 e. The van der Waals surface area contributed by atoms with Crippen LogP contribution in [0.25, 0.3) is 11.0 Å². The lowest BCUT2D eigenvalue weighted by molar-refractivity contribution is 0.0972. The van der Waals surface area contributed by atoms with E-state index in [-0.39, 0.29) is 5.78 Å². The molecule has 0 fully saturated rings. The minimum absolute atomic E-state index is 0.124. The van der Waals surface area contributed by atoms with Gasteiger partial charge in [-0.1, -0.05) is 0 Å². The molecule has 0 N–H and O–H groups in total. The van der Waals surface area contributed by atoms with Gasteiger partial charge in [0.1, 0.15) is 0 Å². The van der Waals surface area contributed by atoms with Crippen LogP contribution in [0.15, 0.2) is 24.5 Å². The molecule has 0 aliphatic carbocycles. The van der Waals surface area contributed by atoms with E-state index in [4.69, 9.17) is 0 Å². The molecule has 0 radical (unpaired) electrons. The Morgan fingerprint density at radius 3 is 2.41 bits per heavy atom. The lowest BCUT2D eigenvalue weighted by atomic mass is 10.1. The maximum absolute atomic E-state index is 12.6. The van der Waals surface area contributed by atoms with Crippen LogP contribution >= 0.6 is 0 Å². The van der Waals surface area contributed by atoms with Gasteiger partial charge in [0.25, 0.3) is 0 Å². The number of aryl methyl sites for hydroxylation is 3. The summed E-state index contributed by atoms with van der Waals surface area (Å²) < 4.78 is 3.98. The zero-order valence-electron chi connectivity index (χ0n) is 13.8. The first kappa shape index (κ1) is 14.6. The summed E-state index contributed by atoms with van der Waals surface area (Å²) in [6.45, 7) is 8.49. The Hall–Kier alpha value is -2.36. The van der Waals surface area contributed by atoms with Gasteiger partial charge < -0.3 is 9.13 Å². The molecule has 4 heteroatoms. The third kappa shape index (κ3) is 2.25. The van der Waals surface area contributed by atoms with Crippen LogP contribution in [0.4, 0.5) is 0 Å². The monoisotopic (exact) mass is 295 g/mol. The Balaban J connectivity index is 1.97. The van der Waals surface area contributed by atoms with Crippen molar-refractivity contribution in [3.05, 3.63) is 52.6 Å². The van der Waals surface area contributed by atoms with E-state index in [1.54, 1.807) is 6.33 Å². The molecule has 2 heterocycles. The molecule has 0 aliphatic rings. The van der Waals surface area contributed by atoms with Crippen molar-refractivity contribution < 1.29 is 4.79 Å². The molecule has 0 saturated carbocycles. The fourth-order valence-corrected chi connectivity index (χ4v) is 2.82. The average Bonchev–Trinajstić information content (AvgIpc) is 2.96. The van der Waals surface area contributed by atoms with Crippen LogP contribution < -0.4 is 0 Å². The molecular weight excluding hydrogens is 274 g/mol. The highest BCUT2D eigenvalue weighted by molar-refractivity contribution is 5.98. The zero-order chi connectivity index (χ0) is 16.0. The molecule has 0 atom stereocenters. The van der Waals surface area contributed by atoms with Gasteiger partial charge in [0.2, 0.25) is 0 Å². The number of ketones is 1. The van der Waals surface area contributed by atoms with Gasteiger partial charge in [0.15, 0.2) is 5.78 Å². The Bertz CT molecular complexity index is 883. The fraction of sp³-hybridized carbons (Fsp3) is 0.333. The van der Waals surface area contributed by atoms with Gasteiger partial charge in [0, 0.05) is 24.0 Å². The zero-order valence-corrected chi connectivity index (χ0v) is 13.8. The molecule has 22 heavy (non-hydrogen) atoms. The normalized spacial score (nSPS) is 11.3. The SMILES string of the molecule is Cc1cc2ncn(CC(=O)c3cc(C)n(C)c3C)c2cc1C. The standard InChI is InChI=1S/C18H21N3O/c1-11-6-16-17(7-12(11)2)21(10-19-16)9-18(22)15-8-13(3)20(5)14(15)4/h6-8,10H,9H2,1-5H3. The van der Waals surface area contributed by atoms with Crippen molar-refractivity contribution in [1.29, 1.82) is 0 Å². The van der Waals surface area contributed by atoms with Crippen LogP contribution in [-0.2, 0) is 13.6 Å². The molecular formula is C18H21N3O. The molecule has 114 valence electrons. The van der Waals surface area contributed by atoms with Gasteiger partial charge >= 0.3 is 0 Å². The van der Waals surface area contributed by atoms with Crippen molar-refractivity contribution >= 4 is 16.8 Å². The molecule has 4 nitrogen and oxygen atoms in total. The van der Waals surface area contributed by atoms with E-state index >= 15 is 0 Å². The lowest BCUT2D eigenvalue weighted by Crippen LogP contribution is -2.10. The fourth-order valence-electron chi connectivity index (χ4n) is 2.82. The highest BCUT2D eigenvalue weighted by atomic mass is 16.1. The van der Waals surface area contributed by atoms with E-state index in [0.717, 1.165) is 28.0 Å². The summed E-state index contributed by atoms with van der Waals surface area (Å²) in [4.78, 5) is 17.1. The molecule has 0 saturated heterocycles. The van der Waals surface area contributed by atoms with Gasteiger partial charge in [-0.05, 0) is 57.0 Å². The first-order chi connectivity index (χ1) is 10.4. The van der Waals surface area contributed by atoms with E-state index in [0.29, 0.717) is 6.54 Å². The summed E-state index contributed by atoms with van der Waals surface area (Å²) in [7, 11) is 1.99. The predicted octanol–water partition coefficient (Wildman–Crippen LogP) is 3.49. The van der Waals surface area contributed by atoms with E-state index < -0.39 is 0 Å². The van der Waals surface area contributed by atoms with Crippen LogP contribution in [0.3, 0.4) is 0 Å². The second-order valence-corrected chi connectivity index (χ2v) is 6.06. The van der Waals surface area contributed by atoms with Crippen molar-refractivity contribution in [1.82, 2.24) is 14.1 Å². The summed E-state index contributed by atoms with van der Waals surface area (Å²) >= 11 is 0. The molecule has 2 aromatic heterocycles. The van der Waals surface area contributed by atoms with E-state index in [9.17, 15) is 4.79 Å². The molecule has 0 amide bonds. The van der Waals surface area contributed by atoms with E-state index in [1.807, 2.05) is 36.1 Å². The first-order valence-electron chi connectivity index (χ1n) is 7.46. The third-order valence-corrected chi connectivity index (χ3v) is 4.63. The maximum Gasteiger partial charge on any atom is 0.184 e. The highest BCUT2D eigenvalue weighted by Crippen LogP contribution is 2.20. The smallest absolute Gasteiger partial charge is 0.184 e. The van der Waals surface area contributed by atoms with E-state index in [2.05, 4.69) is 31.0 Å². The quantitative estimate of drug-likeness (QED) is 0.694. The lowest BCUT2D eigenvalue weighted by Gasteiger charge is -2.06. The summed E-state index contributed by atoms with van der Waals surface area (Å²) in [5, 5.41) is 0. The minimum atomic E-state index is 0.124. The second kappa shape index (κ2) is 5.13. The van der Waals surface area contributed by atoms with Gasteiger partial charge in [-0.3, -0.25) is 4.79 Å². The number of nitrogens with zero attached hydrogens (tertiary/aromatic N) is 3. The molecule has 0 unspecified atom stereocenters. The summed E-state index contributed by atoms with van der Waals surface area (Å²) in [5.41, 5.74) is 7.30. The van der Waals surface area contributed by atoms with Crippen molar-refractivity contribution in [3.8, 4) is 0 Å². The first-order valence-corrected chi connectivity index (χ1v) is 7.46. The van der Waals surface area contributed by atoms with Crippen LogP contribution in [0.5, 0.6) is 0 Å². The number of imidazole rings is 1. The van der Waals surface area contributed by atoms with Crippen molar-refractivity contribution in [3.63, 3.8) is 0 Å². The van der Waals surface area contributed by atoms with Crippen LogP contribution in [0, 0.1) is 27.7 Å². The number of hydrogen-bond acceptors (Lipinski definition) is 2. The number of fused-ring (bicyclic) bond motifs is 1. The largest absolute Gasteiger partial charge is 0.351 e. The third-order valence-electron chi connectivity index (χ3n) is 4.63. The topological polar surface area (TPSA) is 39.8 Å². The highest BCUT2D eigenvalue weighted by Gasteiger charge is 2.15. The summed E-state index contributed by atoms with van der Waals surface area (Å²) in [5.74, 6) is 0.124. The van der Waals surface area contributed by atoms with E-state index in [1.165, 1.54) is 11.1 Å². The number of hydrogen-bond donors (Lipinski definition) is 0. The summed E-state index contributed by atoms with van der Waals surface area (Å²) in [6, 6.07) is 6.14. The number of Topliss-reactive ketones (excluding diaryl/α,β-unsaturated/α-hetero) is 1. The predicted molar refractivity (Wildman–Crippen MR) is 88.4 cm³/mol. The maximum atomic E-state index is 12.6. The Kier molecular flexibility index (Phi) is 3.39. The van der Waals surface area contributed by atoms with Crippen LogP contribution in [0.2, 0.25) is 0 Å². The Labute approximate surface area is 130 Å². The van der Waals surface area contributed by atoms with Gasteiger partial charge in [-0.25, -0.2) is 4.98 Å². The van der Waals surface area contributed by atoms with Crippen molar-refractivity contribution in [2.45, 2.75) is 34.2 Å². The Morgan fingerprint density at radius 1 is 1.09 bits per heavy atom. The van der Waals surface area contributed by atoms with Crippen molar-refractivity contribution in [2.24, 2.45) is 7.05 Å². The molecule has 3 aromatic rings. The van der Waals surface area contributed by atoms with Crippen molar-refractivity contribution in [2.75, 3.05) is 0 Å². The van der Waals surface area contributed by atoms with Gasteiger partial charge in [0.05, 0.1) is 23.9 Å². The van der Waals surface area contributed by atoms with Crippen LogP contribution in [0.1, 0.15) is 32.9 Å². The average molecular weight is 295 g/mol. The molecule has 0 aliphatic heterocycles. The van der Waals surface area contributed by atoms with Crippen LogP contribution in [-0.4, -0.2) is 19.9 Å². The summed E-state index contributed by atoms with van der Waals surface area (Å²) in [6.07, 6.45) is 1.76. The van der Waals surface area contributed by atoms with Gasteiger partial charge in [-0.15, -0.1) is 0 Å².